The smallest absolute Gasteiger partial charge is 0.306 e. The van der Waals surface area contributed by atoms with Crippen molar-refractivity contribution in [2.45, 2.75) is 40.0 Å². The summed E-state index contributed by atoms with van der Waals surface area (Å²) in [5.41, 5.74) is 0. The Labute approximate surface area is 80.3 Å². The molecule has 13 heavy (non-hydrogen) atoms. The fraction of sp³-hybridized carbons (Fsp3) is 0.909. The summed E-state index contributed by atoms with van der Waals surface area (Å²) in [4.78, 5) is 11.0. The van der Waals surface area contributed by atoms with Gasteiger partial charge in [-0.05, 0) is 30.6 Å². The van der Waals surface area contributed by atoms with Gasteiger partial charge in [0.1, 0.15) is 0 Å². The molecule has 0 radical (unpaired) electrons. The Hall–Kier alpha value is -0.530. The maximum Gasteiger partial charge on any atom is 0.306 e. The van der Waals surface area contributed by atoms with Crippen LogP contribution in [0.1, 0.15) is 40.0 Å². The van der Waals surface area contributed by atoms with E-state index in [1.807, 2.05) is 0 Å². The number of carbonyl (C=O) groups is 1. The molecule has 2 nitrogen and oxygen atoms in total. The van der Waals surface area contributed by atoms with Gasteiger partial charge in [-0.15, -0.1) is 0 Å². The predicted octanol–water partition coefficient (Wildman–Crippen LogP) is 2.78. The number of carboxylic acids is 1. The van der Waals surface area contributed by atoms with Gasteiger partial charge < -0.3 is 5.11 Å². The van der Waals surface area contributed by atoms with Crippen molar-refractivity contribution in [2.24, 2.45) is 23.7 Å². The zero-order valence-electron chi connectivity index (χ0n) is 8.79. The Kier molecular flexibility index (Phi) is 3.34. The molecule has 0 aromatic carbocycles. The molecular formula is C11H20O2. The minimum absolute atomic E-state index is 0.0938. The van der Waals surface area contributed by atoms with Crippen molar-refractivity contribution in [3.05, 3.63) is 0 Å². The highest BCUT2D eigenvalue weighted by atomic mass is 16.4. The fourth-order valence-electron chi connectivity index (χ4n) is 2.49. The molecule has 0 heterocycles. The minimum atomic E-state index is -0.592. The summed E-state index contributed by atoms with van der Waals surface area (Å²) in [6.07, 6.45) is 3.17. The summed E-state index contributed by atoms with van der Waals surface area (Å²) in [5, 5.41) is 9.08. The minimum Gasteiger partial charge on any atom is -0.481 e. The third kappa shape index (κ3) is 2.45. The highest BCUT2D eigenvalue weighted by Gasteiger charge is 2.35. The molecular weight excluding hydrogens is 164 g/mol. The molecule has 0 amide bonds. The maximum atomic E-state index is 11.0. The zero-order valence-corrected chi connectivity index (χ0v) is 8.79. The highest BCUT2D eigenvalue weighted by molar-refractivity contribution is 5.70. The quantitative estimate of drug-likeness (QED) is 0.716. The number of aliphatic carboxylic acids is 1. The molecule has 76 valence electrons. The lowest BCUT2D eigenvalue weighted by Crippen LogP contribution is -2.33. The van der Waals surface area contributed by atoms with Gasteiger partial charge in [0, 0.05) is 0 Å². The van der Waals surface area contributed by atoms with E-state index in [-0.39, 0.29) is 5.92 Å². The van der Waals surface area contributed by atoms with Gasteiger partial charge in [0.15, 0.2) is 0 Å². The number of carboxylic acid groups (broad SMARTS) is 1. The lowest BCUT2D eigenvalue weighted by atomic mass is 9.70. The van der Waals surface area contributed by atoms with Gasteiger partial charge in [-0.1, -0.05) is 27.2 Å². The van der Waals surface area contributed by atoms with Crippen molar-refractivity contribution in [2.75, 3.05) is 0 Å². The van der Waals surface area contributed by atoms with Crippen molar-refractivity contribution >= 4 is 5.97 Å². The second kappa shape index (κ2) is 4.12. The first kappa shape index (κ1) is 10.6. The van der Waals surface area contributed by atoms with Gasteiger partial charge >= 0.3 is 5.97 Å². The number of hydrogen-bond acceptors (Lipinski definition) is 1. The van der Waals surface area contributed by atoms with E-state index >= 15 is 0 Å². The van der Waals surface area contributed by atoms with Gasteiger partial charge in [0.05, 0.1) is 5.92 Å². The normalized spacial score (nSPS) is 34.9. The van der Waals surface area contributed by atoms with E-state index in [1.54, 1.807) is 0 Å². The van der Waals surface area contributed by atoms with Crippen molar-refractivity contribution in [3.63, 3.8) is 0 Å². The van der Waals surface area contributed by atoms with E-state index in [0.29, 0.717) is 17.8 Å². The topological polar surface area (TPSA) is 37.3 Å². The van der Waals surface area contributed by atoms with E-state index in [0.717, 1.165) is 12.8 Å². The molecule has 1 unspecified atom stereocenters. The largest absolute Gasteiger partial charge is 0.481 e. The van der Waals surface area contributed by atoms with Crippen LogP contribution in [0.15, 0.2) is 0 Å². The molecule has 0 aromatic rings. The molecule has 1 fully saturated rings. The van der Waals surface area contributed by atoms with Crippen molar-refractivity contribution in [3.8, 4) is 0 Å². The van der Waals surface area contributed by atoms with Crippen LogP contribution < -0.4 is 0 Å². The molecule has 1 N–H and O–H groups in total. The standard InChI is InChI=1S/C11H20O2/c1-7(2)9-5-4-8(3)6-10(9)11(12)13/h7-10H,4-6H2,1-3H3,(H,12,13)/t8-,9?,10+/m1/s1. The summed E-state index contributed by atoms with van der Waals surface area (Å²) in [6, 6.07) is 0. The SMILES string of the molecule is CC(C)C1CC[C@@H](C)C[C@@H]1C(=O)O. The van der Waals surface area contributed by atoms with Crippen LogP contribution in [0.5, 0.6) is 0 Å². The second-order valence-electron chi connectivity index (χ2n) is 4.77. The van der Waals surface area contributed by atoms with Gasteiger partial charge in [0.2, 0.25) is 0 Å². The van der Waals surface area contributed by atoms with Gasteiger partial charge in [0.25, 0.3) is 0 Å². The number of rotatable bonds is 2. The number of hydrogen-bond donors (Lipinski definition) is 1. The summed E-state index contributed by atoms with van der Waals surface area (Å²) in [5.74, 6) is 0.812. The molecule has 1 rings (SSSR count). The highest BCUT2D eigenvalue weighted by Crippen LogP contribution is 2.37. The molecule has 1 saturated carbocycles. The summed E-state index contributed by atoms with van der Waals surface area (Å²) >= 11 is 0. The van der Waals surface area contributed by atoms with E-state index < -0.39 is 5.97 Å². The Morgan fingerprint density at radius 1 is 1.38 bits per heavy atom. The van der Waals surface area contributed by atoms with E-state index in [2.05, 4.69) is 20.8 Å². The summed E-state index contributed by atoms with van der Waals surface area (Å²) < 4.78 is 0. The van der Waals surface area contributed by atoms with Crippen molar-refractivity contribution in [1.82, 2.24) is 0 Å². The van der Waals surface area contributed by atoms with E-state index in [4.69, 9.17) is 5.11 Å². The Morgan fingerprint density at radius 2 is 2.00 bits per heavy atom. The van der Waals surface area contributed by atoms with Gasteiger partial charge in [-0.2, -0.15) is 0 Å². The average Bonchev–Trinajstić information content (AvgIpc) is 2.03. The molecule has 1 aliphatic rings. The fourth-order valence-corrected chi connectivity index (χ4v) is 2.49. The van der Waals surface area contributed by atoms with Crippen LogP contribution in [-0.2, 0) is 4.79 Å². The summed E-state index contributed by atoms with van der Waals surface area (Å²) in [6.45, 7) is 6.43. The first-order chi connectivity index (χ1) is 6.02. The van der Waals surface area contributed by atoms with Crippen LogP contribution >= 0.6 is 0 Å². The maximum absolute atomic E-state index is 11.0. The Morgan fingerprint density at radius 3 is 2.46 bits per heavy atom. The van der Waals surface area contributed by atoms with Crippen LogP contribution in [0.25, 0.3) is 0 Å². The molecule has 0 saturated heterocycles. The predicted molar refractivity (Wildman–Crippen MR) is 52.5 cm³/mol. The summed E-state index contributed by atoms with van der Waals surface area (Å²) in [7, 11) is 0. The Balaban J connectivity index is 2.66. The van der Waals surface area contributed by atoms with Crippen LogP contribution in [0.4, 0.5) is 0 Å². The molecule has 0 aromatic heterocycles. The van der Waals surface area contributed by atoms with E-state index in [9.17, 15) is 4.79 Å². The monoisotopic (exact) mass is 184 g/mol. The van der Waals surface area contributed by atoms with Gasteiger partial charge in [-0.25, -0.2) is 0 Å². The molecule has 0 spiro atoms. The third-order valence-corrected chi connectivity index (χ3v) is 3.34. The Bertz CT molecular complexity index is 187. The van der Waals surface area contributed by atoms with Crippen LogP contribution in [-0.4, -0.2) is 11.1 Å². The molecule has 3 atom stereocenters. The second-order valence-corrected chi connectivity index (χ2v) is 4.77. The lowest BCUT2D eigenvalue weighted by molar-refractivity contribution is -0.146. The van der Waals surface area contributed by atoms with Crippen molar-refractivity contribution < 1.29 is 9.90 Å². The van der Waals surface area contributed by atoms with Crippen molar-refractivity contribution in [1.29, 1.82) is 0 Å². The van der Waals surface area contributed by atoms with Crippen LogP contribution in [0.2, 0.25) is 0 Å². The van der Waals surface area contributed by atoms with Crippen LogP contribution in [0.3, 0.4) is 0 Å². The molecule has 0 bridgehead atoms. The van der Waals surface area contributed by atoms with Gasteiger partial charge in [-0.3, -0.25) is 4.79 Å². The lowest BCUT2D eigenvalue weighted by Gasteiger charge is -2.34. The third-order valence-electron chi connectivity index (χ3n) is 3.34. The average molecular weight is 184 g/mol. The van der Waals surface area contributed by atoms with E-state index in [1.165, 1.54) is 6.42 Å². The first-order valence-electron chi connectivity index (χ1n) is 5.25. The molecule has 2 heteroatoms. The molecule has 0 aliphatic heterocycles. The first-order valence-corrected chi connectivity index (χ1v) is 5.25. The molecule has 1 aliphatic carbocycles. The zero-order chi connectivity index (χ0) is 10.0. The van der Waals surface area contributed by atoms with Crippen LogP contribution in [0, 0.1) is 23.7 Å².